The van der Waals surface area contributed by atoms with Crippen molar-refractivity contribution in [2.75, 3.05) is 4.90 Å². The zero-order valence-corrected chi connectivity index (χ0v) is 16.7. The maximum atomic E-state index is 14.8. The number of carbonyl (C=O) groups is 1. The van der Waals surface area contributed by atoms with Crippen molar-refractivity contribution < 1.29 is 9.18 Å². The van der Waals surface area contributed by atoms with Crippen LogP contribution in [-0.4, -0.2) is 15.6 Å². The molecular formula is C20H17BrFN5O. The van der Waals surface area contributed by atoms with Gasteiger partial charge in [-0.05, 0) is 31.0 Å². The highest BCUT2D eigenvalue weighted by molar-refractivity contribution is 9.10. The molecule has 142 valence electrons. The van der Waals surface area contributed by atoms with Crippen molar-refractivity contribution in [1.82, 2.24) is 9.78 Å². The first-order valence-electron chi connectivity index (χ1n) is 8.82. The number of anilines is 1. The molecule has 1 atom stereocenters. The molecule has 0 radical (unpaired) electrons. The number of Topliss-reactive ketones (excluding diaryl/α,β-unsaturated/α-hetero) is 1. The first-order valence-corrected chi connectivity index (χ1v) is 9.61. The third-order valence-electron chi connectivity index (χ3n) is 5.12. The Hall–Kier alpha value is -2.92. The van der Waals surface area contributed by atoms with Crippen LogP contribution < -0.4 is 10.6 Å². The Bertz CT molecular complexity index is 1090. The lowest BCUT2D eigenvalue weighted by atomic mass is 9.76. The van der Waals surface area contributed by atoms with Crippen LogP contribution >= 0.6 is 15.9 Å². The van der Waals surface area contributed by atoms with E-state index in [0.29, 0.717) is 35.0 Å². The molecule has 1 unspecified atom stereocenters. The van der Waals surface area contributed by atoms with E-state index in [4.69, 9.17) is 5.73 Å². The summed E-state index contributed by atoms with van der Waals surface area (Å²) in [6.45, 7) is 0. The lowest BCUT2D eigenvalue weighted by Gasteiger charge is -2.39. The number of nitrogens with two attached hydrogens (primary N) is 1. The summed E-state index contributed by atoms with van der Waals surface area (Å²) in [4.78, 5) is 14.4. The molecule has 0 amide bonds. The Morgan fingerprint density at radius 2 is 2.18 bits per heavy atom. The summed E-state index contributed by atoms with van der Waals surface area (Å²) in [5.41, 5.74) is 8.73. The molecule has 1 aliphatic carbocycles. The van der Waals surface area contributed by atoms with Crippen LogP contribution in [0.4, 0.5) is 10.1 Å². The average molecular weight is 442 g/mol. The van der Waals surface area contributed by atoms with E-state index in [1.165, 1.54) is 11.0 Å². The molecule has 2 heterocycles. The van der Waals surface area contributed by atoms with E-state index < -0.39 is 11.7 Å². The van der Waals surface area contributed by atoms with Crippen molar-refractivity contribution in [3.63, 3.8) is 0 Å². The predicted molar refractivity (Wildman–Crippen MR) is 105 cm³/mol. The molecule has 4 rings (SSSR count). The summed E-state index contributed by atoms with van der Waals surface area (Å²) in [7, 11) is 1.77. The summed E-state index contributed by atoms with van der Waals surface area (Å²) >= 11 is 3.25. The molecule has 1 aromatic carbocycles. The molecule has 0 saturated heterocycles. The summed E-state index contributed by atoms with van der Waals surface area (Å²) < 4.78 is 17.0. The van der Waals surface area contributed by atoms with Crippen LogP contribution in [0.3, 0.4) is 0 Å². The topological polar surface area (TPSA) is 87.9 Å². The van der Waals surface area contributed by atoms with Crippen LogP contribution in [0.1, 0.15) is 30.7 Å². The van der Waals surface area contributed by atoms with Crippen molar-refractivity contribution >= 4 is 27.4 Å². The average Bonchev–Trinajstić information content (AvgIpc) is 3.08. The number of aromatic nitrogens is 2. The van der Waals surface area contributed by atoms with E-state index in [-0.39, 0.29) is 22.9 Å². The highest BCUT2D eigenvalue weighted by Gasteiger charge is 2.41. The van der Waals surface area contributed by atoms with E-state index in [1.807, 2.05) is 0 Å². The number of benzene rings is 1. The van der Waals surface area contributed by atoms with E-state index in [2.05, 4.69) is 27.1 Å². The molecular weight excluding hydrogens is 425 g/mol. The second-order valence-corrected chi connectivity index (χ2v) is 7.77. The Morgan fingerprint density at radius 1 is 1.39 bits per heavy atom. The van der Waals surface area contributed by atoms with Crippen molar-refractivity contribution in [2.24, 2.45) is 12.8 Å². The predicted octanol–water partition coefficient (Wildman–Crippen LogP) is 3.63. The molecule has 0 bridgehead atoms. The fourth-order valence-corrected chi connectivity index (χ4v) is 4.28. The highest BCUT2D eigenvalue weighted by Crippen LogP contribution is 2.46. The molecule has 28 heavy (non-hydrogen) atoms. The van der Waals surface area contributed by atoms with E-state index >= 15 is 0 Å². The number of hydrogen-bond donors (Lipinski definition) is 1. The van der Waals surface area contributed by atoms with Crippen molar-refractivity contribution in [1.29, 1.82) is 5.26 Å². The van der Waals surface area contributed by atoms with Crippen LogP contribution in [0.15, 0.2) is 57.7 Å². The standard InChI is InChI=1S/C20H17BrFN5O/c1-26-10-11(9-25-26)18-13(8-23)20(24)27(15-6-5-12(21)7-14(15)22)16-3-2-4-17(28)19(16)18/h5-7,9-10,18H,2-4,24H2,1H3. The van der Waals surface area contributed by atoms with E-state index in [0.717, 1.165) is 5.56 Å². The quantitative estimate of drug-likeness (QED) is 0.768. The largest absolute Gasteiger partial charge is 0.384 e. The molecule has 2 N–H and O–H groups in total. The molecule has 6 nitrogen and oxygen atoms in total. The normalized spacial score (nSPS) is 19.7. The summed E-state index contributed by atoms with van der Waals surface area (Å²) in [5, 5.41) is 14.1. The molecule has 2 aromatic rings. The van der Waals surface area contributed by atoms with Crippen molar-refractivity contribution in [3.8, 4) is 6.07 Å². The van der Waals surface area contributed by atoms with Gasteiger partial charge in [-0.15, -0.1) is 0 Å². The van der Waals surface area contributed by atoms with Gasteiger partial charge >= 0.3 is 0 Å². The second-order valence-electron chi connectivity index (χ2n) is 6.86. The van der Waals surface area contributed by atoms with Gasteiger partial charge < -0.3 is 5.73 Å². The Morgan fingerprint density at radius 3 is 2.82 bits per heavy atom. The number of rotatable bonds is 2. The third-order valence-corrected chi connectivity index (χ3v) is 5.62. The molecule has 0 spiro atoms. The maximum absolute atomic E-state index is 14.8. The lowest BCUT2D eigenvalue weighted by Crippen LogP contribution is -2.39. The number of halogens is 2. The second kappa shape index (κ2) is 6.91. The van der Waals surface area contributed by atoms with Gasteiger partial charge in [0.2, 0.25) is 0 Å². The van der Waals surface area contributed by atoms with Gasteiger partial charge in [0.15, 0.2) is 5.78 Å². The molecule has 2 aliphatic rings. The minimum absolute atomic E-state index is 0.0436. The summed E-state index contributed by atoms with van der Waals surface area (Å²) in [6.07, 6.45) is 5.04. The zero-order valence-electron chi connectivity index (χ0n) is 15.1. The molecule has 0 saturated carbocycles. The summed E-state index contributed by atoms with van der Waals surface area (Å²) in [6, 6.07) is 6.79. The first-order chi connectivity index (χ1) is 13.4. The molecule has 8 heteroatoms. The Kier molecular flexibility index (Phi) is 4.55. The van der Waals surface area contributed by atoms with E-state index in [9.17, 15) is 14.4 Å². The summed E-state index contributed by atoms with van der Waals surface area (Å²) in [5.74, 6) is -0.973. The Labute approximate surface area is 169 Å². The Balaban J connectivity index is 1.98. The minimum Gasteiger partial charge on any atom is -0.384 e. The van der Waals surface area contributed by atoms with Gasteiger partial charge in [-0.2, -0.15) is 10.4 Å². The van der Waals surface area contributed by atoms with E-state index in [1.54, 1.807) is 36.3 Å². The highest BCUT2D eigenvalue weighted by atomic mass is 79.9. The van der Waals surface area contributed by atoms with Crippen LogP contribution in [0.25, 0.3) is 0 Å². The van der Waals surface area contributed by atoms with Gasteiger partial charge in [-0.25, -0.2) is 4.39 Å². The fourth-order valence-electron chi connectivity index (χ4n) is 3.95. The monoisotopic (exact) mass is 441 g/mol. The molecule has 0 fully saturated rings. The number of nitriles is 1. The fraction of sp³-hybridized carbons (Fsp3) is 0.250. The number of allylic oxidation sites excluding steroid dienone is 3. The van der Waals surface area contributed by atoms with Gasteiger partial charge in [0.25, 0.3) is 0 Å². The van der Waals surface area contributed by atoms with Gasteiger partial charge in [-0.3, -0.25) is 14.4 Å². The van der Waals surface area contributed by atoms with Crippen LogP contribution in [-0.2, 0) is 11.8 Å². The molecule has 1 aliphatic heterocycles. The van der Waals surface area contributed by atoms with Crippen LogP contribution in [0, 0.1) is 17.1 Å². The first kappa shape index (κ1) is 18.4. The minimum atomic E-state index is -0.587. The SMILES string of the molecule is Cn1cc(C2C(C#N)=C(N)N(c3ccc(Br)cc3F)C3=C2C(=O)CCC3)cn1. The van der Waals surface area contributed by atoms with Gasteiger partial charge in [0.05, 0.1) is 29.4 Å². The number of nitrogens with zero attached hydrogens (tertiary/aromatic N) is 4. The number of aryl methyl sites for hydroxylation is 1. The third kappa shape index (κ3) is 2.83. The lowest BCUT2D eigenvalue weighted by molar-refractivity contribution is -0.116. The van der Waals surface area contributed by atoms with Crippen LogP contribution in [0.2, 0.25) is 0 Å². The number of hydrogen-bond acceptors (Lipinski definition) is 5. The van der Waals surface area contributed by atoms with Gasteiger partial charge in [0, 0.05) is 41.0 Å². The molecule has 1 aromatic heterocycles. The van der Waals surface area contributed by atoms with Gasteiger partial charge in [0.1, 0.15) is 11.6 Å². The maximum Gasteiger partial charge on any atom is 0.161 e. The smallest absolute Gasteiger partial charge is 0.161 e. The van der Waals surface area contributed by atoms with Crippen molar-refractivity contribution in [2.45, 2.75) is 25.2 Å². The van der Waals surface area contributed by atoms with Crippen molar-refractivity contribution in [3.05, 3.63) is 69.1 Å². The number of ketones is 1. The van der Waals surface area contributed by atoms with Gasteiger partial charge in [-0.1, -0.05) is 15.9 Å². The number of carbonyl (C=O) groups excluding carboxylic acids is 1. The zero-order chi connectivity index (χ0) is 20.0. The van der Waals surface area contributed by atoms with Crippen LogP contribution in [0.5, 0.6) is 0 Å².